The van der Waals surface area contributed by atoms with Gasteiger partial charge in [-0.05, 0) is 65.6 Å². The molecule has 0 unspecified atom stereocenters. The Hall–Kier alpha value is -3.73. The Morgan fingerprint density at radius 3 is 1.94 bits per heavy atom. The highest BCUT2D eigenvalue weighted by Gasteiger charge is 2.22. The molecule has 5 nitrogen and oxygen atoms in total. The van der Waals surface area contributed by atoms with Gasteiger partial charge in [-0.1, -0.05) is 24.3 Å². The Kier molecular flexibility index (Phi) is 6.45. The fourth-order valence-corrected chi connectivity index (χ4v) is 3.88. The smallest absolute Gasteiger partial charge is 0.161 e. The molecule has 4 rings (SSSR count). The zero-order chi connectivity index (χ0) is 22.5. The first kappa shape index (κ1) is 21.5. The summed E-state index contributed by atoms with van der Waals surface area (Å²) in [4.78, 5) is 4.95. The van der Waals surface area contributed by atoms with E-state index in [1.807, 2.05) is 42.5 Å². The van der Waals surface area contributed by atoms with E-state index in [1.165, 1.54) is 5.56 Å². The van der Waals surface area contributed by atoms with Gasteiger partial charge in [0.25, 0.3) is 0 Å². The van der Waals surface area contributed by atoms with Crippen LogP contribution in [-0.2, 0) is 6.42 Å². The van der Waals surface area contributed by atoms with Gasteiger partial charge in [0.15, 0.2) is 11.5 Å². The van der Waals surface area contributed by atoms with Crippen LogP contribution in [0.15, 0.2) is 65.7 Å². The molecule has 3 aromatic rings. The SMILES string of the molecule is COc1ccc(/C=C(/C2=NCCc3cc(OC)c(OC)cc32)c2ccc(OC)cc2)cc1. The van der Waals surface area contributed by atoms with Crippen molar-refractivity contribution in [1.82, 2.24) is 0 Å². The molecule has 0 radical (unpaired) electrons. The molecule has 0 amide bonds. The summed E-state index contributed by atoms with van der Waals surface area (Å²) in [5.74, 6) is 3.07. The van der Waals surface area contributed by atoms with Crippen molar-refractivity contribution in [2.75, 3.05) is 35.0 Å². The lowest BCUT2D eigenvalue weighted by atomic mass is 9.88. The maximum atomic E-state index is 5.58. The van der Waals surface area contributed by atoms with E-state index in [4.69, 9.17) is 23.9 Å². The maximum Gasteiger partial charge on any atom is 0.161 e. The van der Waals surface area contributed by atoms with Crippen LogP contribution in [-0.4, -0.2) is 40.7 Å². The van der Waals surface area contributed by atoms with Crippen molar-refractivity contribution >= 4 is 17.4 Å². The molecule has 0 N–H and O–H groups in total. The number of nitrogens with zero attached hydrogens (tertiary/aromatic N) is 1. The van der Waals surface area contributed by atoms with Crippen LogP contribution in [0.4, 0.5) is 0 Å². The molecule has 0 aromatic heterocycles. The van der Waals surface area contributed by atoms with E-state index in [1.54, 1.807) is 28.4 Å². The summed E-state index contributed by atoms with van der Waals surface area (Å²) >= 11 is 0. The summed E-state index contributed by atoms with van der Waals surface area (Å²) in [6, 6.07) is 20.1. The van der Waals surface area contributed by atoms with Gasteiger partial charge < -0.3 is 18.9 Å². The Morgan fingerprint density at radius 1 is 0.750 bits per heavy atom. The number of rotatable bonds is 7. The standard InChI is InChI=1S/C27H27NO4/c1-29-21-9-5-18(6-10-21)15-23(19-7-11-22(30-2)12-8-19)27-24-17-26(32-4)25(31-3)16-20(24)13-14-28-27/h5-12,15-17H,13-14H2,1-4H3/b23-15+. The van der Waals surface area contributed by atoms with Gasteiger partial charge in [-0.15, -0.1) is 0 Å². The van der Waals surface area contributed by atoms with Crippen molar-refractivity contribution in [3.63, 3.8) is 0 Å². The minimum Gasteiger partial charge on any atom is -0.497 e. The molecule has 1 aliphatic rings. The topological polar surface area (TPSA) is 49.3 Å². The van der Waals surface area contributed by atoms with Crippen molar-refractivity contribution in [3.8, 4) is 23.0 Å². The number of fused-ring (bicyclic) bond motifs is 1. The first-order chi connectivity index (χ1) is 15.7. The lowest BCUT2D eigenvalue weighted by molar-refractivity contribution is 0.354. The monoisotopic (exact) mass is 429 g/mol. The average molecular weight is 430 g/mol. The average Bonchev–Trinajstić information content (AvgIpc) is 2.86. The minimum atomic E-state index is 0.694. The third-order valence-corrected chi connectivity index (χ3v) is 5.60. The van der Waals surface area contributed by atoms with Crippen LogP contribution in [0.1, 0.15) is 22.3 Å². The number of methoxy groups -OCH3 is 4. The zero-order valence-corrected chi connectivity index (χ0v) is 18.8. The molecule has 0 aliphatic carbocycles. The summed E-state index contributed by atoms with van der Waals surface area (Å²) in [5, 5.41) is 0. The van der Waals surface area contributed by atoms with Gasteiger partial charge in [0.1, 0.15) is 11.5 Å². The van der Waals surface area contributed by atoms with E-state index >= 15 is 0 Å². The molecule has 164 valence electrons. The number of allylic oxidation sites excluding steroid dienone is 1. The van der Waals surface area contributed by atoms with E-state index in [2.05, 4.69) is 24.3 Å². The molecule has 0 bridgehead atoms. The highest BCUT2D eigenvalue weighted by Crippen LogP contribution is 2.36. The Morgan fingerprint density at radius 2 is 1.34 bits per heavy atom. The molecule has 0 atom stereocenters. The van der Waals surface area contributed by atoms with Crippen molar-refractivity contribution in [1.29, 1.82) is 0 Å². The second-order valence-corrected chi connectivity index (χ2v) is 7.40. The summed E-state index contributed by atoms with van der Waals surface area (Å²) in [6.07, 6.45) is 3.02. The summed E-state index contributed by atoms with van der Waals surface area (Å²) in [7, 11) is 6.66. The number of benzene rings is 3. The van der Waals surface area contributed by atoms with Crippen LogP contribution in [0, 0.1) is 0 Å². The molecule has 0 saturated carbocycles. The Balaban J connectivity index is 1.86. The Bertz CT molecular complexity index is 1150. The zero-order valence-electron chi connectivity index (χ0n) is 18.8. The van der Waals surface area contributed by atoms with E-state index in [-0.39, 0.29) is 0 Å². The summed E-state index contributed by atoms with van der Waals surface area (Å²) in [6.45, 7) is 0.716. The van der Waals surface area contributed by atoms with Crippen LogP contribution in [0.2, 0.25) is 0 Å². The largest absolute Gasteiger partial charge is 0.497 e. The van der Waals surface area contributed by atoms with Crippen molar-refractivity contribution in [3.05, 3.63) is 82.9 Å². The molecule has 0 spiro atoms. The predicted octanol–water partition coefficient (Wildman–Crippen LogP) is 5.31. The molecule has 32 heavy (non-hydrogen) atoms. The van der Waals surface area contributed by atoms with Gasteiger partial charge in [-0.2, -0.15) is 0 Å². The van der Waals surface area contributed by atoms with Crippen molar-refractivity contribution < 1.29 is 18.9 Å². The molecule has 0 saturated heterocycles. The molecular formula is C27H27NO4. The van der Waals surface area contributed by atoms with E-state index in [9.17, 15) is 0 Å². The molecule has 1 aliphatic heterocycles. The number of aliphatic imine (C=N–C) groups is 1. The maximum absolute atomic E-state index is 5.58. The highest BCUT2D eigenvalue weighted by atomic mass is 16.5. The third kappa shape index (κ3) is 4.33. The van der Waals surface area contributed by atoms with E-state index < -0.39 is 0 Å². The number of hydrogen-bond donors (Lipinski definition) is 0. The quantitative estimate of drug-likeness (QED) is 0.478. The van der Waals surface area contributed by atoms with Crippen LogP contribution in [0.5, 0.6) is 23.0 Å². The molecule has 1 heterocycles. The number of ether oxygens (including phenoxy) is 4. The first-order valence-electron chi connectivity index (χ1n) is 10.5. The van der Waals surface area contributed by atoms with Crippen molar-refractivity contribution in [2.45, 2.75) is 6.42 Å². The summed E-state index contributed by atoms with van der Waals surface area (Å²) in [5.41, 5.74) is 6.35. The molecule has 5 heteroatoms. The van der Waals surface area contributed by atoms with Gasteiger partial charge in [0.2, 0.25) is 0 Å². The third-order valence-electron chi connectivity index (χ3n) is 5.60. The highest BCUT2D eigenvalue weighted by molar-refractivity contribution is 6.35. The lowest BCUT2D eigenvalue weighted by Gasteiger charge is -2.22. The van der Waals surface area contributed by atoms with Crippen LogP contribution in [0.25, 0.3) is 11.6 Å². The fraction of sp³-hybridized carbons (Fsp3) is 0.222. The van der Waals surface area contributed by atoms with Gasteiger partial charge in [0.05, 0.1) is 34.2 Å². The van der Waals surface area contributed by atoms with E-state index in [0.717, 1.165) is 51.6 Å². The van der Waals surface area contributed by atoms with Gasteiger partial charge in [0, 0.05) is 17.7 Å². The van der Waals surface area contributed by atoms with Gasteiger partial charge in [-0.25, -0.2) is 0 Å². The second kappa shape index (κ2) is 9.60. The van der Waals surface area contributed by atoms with Crippen molar-refractivity contribution in [2.24, 2.45) is 4.99 Å². The van der Waals surface area contributed by atoms with Crippen LogP contribution in [0.3, 0.4) is 0 Å². The fourth-order valence-electron chi connectivity index (χ4n) is 3.88. The van der Waals surface area contributed by atoms with Crippen LogP contribution >= 0.6 is 0 Å². The van der Waals surface area contributed by atoms with Gasteiger partial charge >= 0.3 is 0 Å². The molecule has 0 fully saturated rings. The first-order valence-corrected chi connectivity index (χ1v) is 10.5. The van der Waals surface area contributed by atoms with E-state index in [0.29, 0.717) is 12.3 Å². The molecule has 3 aromatic carbocycles. The summed E-state index contributed by atoms with van der Waals surface area (Å²) < 4.78 is 21.8. The minimum absolute atomic E-state index is 0.694. The lowest BCUT2D eigenvalue weighted by Crippen LogP contribution is -2.15. The Labute approximate surface area is 188 Å². The number of hydrogen-bond acceptors (Lipinski definition) is 5. The normalized spacial score (nSPS) is 13.1. The second-order valence-electron chi connectivity index (χ2n) is 7.40. The van der Waals surface area contributed by atoms with Gasteiger partial charge in [-0.3, -0.25) is 4.99 Å². The van der Waals surface area contributed by atoms with Crippen LogP contribution < -0.4 is 18.9 Å². The predicted molar refractivity (Wildman–Crippen MR) is 129 cm³/mol. The molecular weight excluding hydrogens is 402 g/mol.